The van der Waals surface area contributed by atoms with Crippen LogP contribution in [0, 0.1) is 0 Å². The summed E-state index contributed by atoms with van der Waals surface area (Å²) >= 11 is 6.06. The fourth-order valence-electron chi connectivity index (χ4n) is 3.40. The number of aromatic nitrogens is 4. The van der Waals surface area contributed by atoms with Gasteiger partial charge in [0.1, 0.15) is 17.8 Å². The molecule has 0 spiro atoms. The average molecular weight is 462 g/mol. The molecule has 33 heavy (non-hydrogen) atoms. The Morgan fingerprint density at radius 1 is 1.12 bits per heavy atom. The van der Waals surface area contributed by atoms with Gasteiger partial charge in [-0.1, -0.05) is 35.9 Å². The van der Waals surface area contributed by atoms with Crippen LogP contribution in [0.2, 0.25) is 5.02 Å². The molecule has 9 heteroatoms. The summed E-state index contributed by atoms with van der Waals surface area (Å²) in [7, 11) is 5.64. The van der Waals surface area contributed by atoms with Crippen molar-refractivity contribution in [3.05, 3.63) is 72.0 Å². The van der Waals surface area contributed by atoms with Crippen molar-refractivity contribution < 1.29 is 4.79 Å². The minimum atomic E-state index is -0.118. The van der Waals surface area contributed by atoms with Crippen molar-refractivity contribution in [1.82, 2.24) is 24.6 Å². The Labute approximate surface area is 196 Å². The van der Waals surface area contributed by atoms with Crippen LogP contribution in [0.4, 0.5) is 11.5 Å². The maximum Gasteiger partial charge on any atom is 0.250 e. The van der Waals surface area contributed by atoms with Gasteiger partial charge in [-0.25, -0.2) is 14.6 Å². The first kappa shape index (κ1) is 22.4. The van der Waals surface area contributed by atoms with Gasteiger partial charge in [0, 0.05) is 35.9 Å². The van der Waals surface area contributed by atoms with Gasteiger partial charge >= 0.3 is 0 Å². The van der Waals surface area contributed by atoms with Crippen LogP contribution in [0.15, 0.2) is 67.0 Å². The van der Waals surface area contributed by atoms with Crippen LogP contribution in [0.25, 0.3) is 28.0 Å². The van der Waals surface area contributed by atoms with E-state index in [0.717, 1.165) is 16.9 Å². The van der Waals surface area contributed by atoms with Gasteiger partial charge in [-0.3, -0.25) is 4.79 Å². The van der Waals surface area contributed by atoms with Gasteiger partial charge in [0.15, 0.2) is 5.65 Å². The van der Waals surface area contributed by atoms with Crippen molar-refractivity contribution in [2.24, 2.45) is 0 Å². The van der Waals surface area contributed by atoms with Crippen LogP contribution in [-0.2, 0) is 4.79 Å². The number of anilines is 2. The molecule has 1 amide bonds. The molecule has 0 unspecified atom stereocenters. The summed E-state index contributed by atoms with van der Waals surface area (Å²) in [5.41, 5.74) is 9.75. The average Bonchev–Trinajstić information content (AvgIpc) is 3.20. The summed E-state index contributed by atoms with van der Waals surface area (Å²) in [6, 6.07) is 14.9. The van der Waals surface area contributed by atoms with Gasteiger partial charge in [0.05, 0.1) is 11.1 Å². The molecule has 0 radical (unpaired) electrons. The maximum atomic E-state index is 12.6. The molecular formula is C24H24ClN7O. The van der Waals surface area contributed by atoms with E-state index in [2.05, 4.69) is 9.97 Å². The van der Waals surface area contributed by atoms with Crippen molar-refractivity contribution in [3.63, 3.8) is 0 Å². The van der Waals surface area contributed by atoms with Crippen molar-refractivity contribution >= 4 is 40.0 Å². The van der Waals surface area contributed by atoms with Crippen molar-refractivity contribution in [2.75, 3.05) is 38.3 Å². The van der Waals surface area contributed by atoms with E-state index in [9.17, 15) is 4.79 Å². The van der Waals surface area contributed by atoms with Gasteiger partial charge in [0.25, 0.3) is 0 Å². The number of nitrogens with two attached hydrogens (primary N) is 1. The van der Waals surface area contributed by atoms with Crippen LogP contribution in [-0.4, -0.2) is 58.2 Å². The smallest absolute Gasteiger partial charge is 0.250 e. The van der Waals surface area contributed by atoms with Crippen molar-refractivity contribution in [3.8, 4) is 16.9 Å². The van der Waals surface area contributed by atoms with Gasteiger partial charge in [-0.05, 0) is 44.4 Å². The highest BCUT2D eigenvalue weighted by atomic mass is 35.5. The van der Waals surface area contributed by atoms with E-state index >= 15 is 0 Å². The molecule has 0 atom stereocenters. The highest BCUT2D eigenvalue weighted by molar-refractivity contribution is 6.30. The molecule has 2 aromatic heterocycles. The number of rotatable bonds is 6. The van der Waals surface area contributed by atoms with E-state index < -0.39 is 0 Å². The third-order valence-corrected chi connectivity index (χ3v) is 5.39. The predicted octanol–water partition coefficient (Wildman–Crippen LogP) is 3.80. The second-order valence-corrected chi connectivity index (χ2v) is 8.24. The summed E-state index contributed by atoms with van der Waals surface area (Å²) in [4.78, 5) is 24.8. The lowest BCUT2D eigenvalue weighted by molar-refractivity contribution is -0.113. The predicted molar refractivity (Wildman–Crippen MR) is 133 cm³/mol. The molecular weight excluding hydrogens is 438 g/mol. The van der Waals surface area contributed by atoms with Crippen molar-refractivity contribution in [2.45, 2.75) is 0 Å². The Morgan fingerprint density at radius 2 is 1.88 bits per heavy atom. The molecule has 8 nitrogen and oxygen atoms in total. The second kappa shape index (κ2) is 9.40. The standard InChI is InChI=1S/C24H24ClN7O/c1-30(2)13-5-8-20(33)31(3)18-6-4-7-19(14-18)32-24-21(23(26)27-15-28-24)22(29-32)16-9-11-17(25)12-10-16/h4-12,14-15H,13H2,1-3H3,(H2,26,27,28). The molecule has 4 rings (SSSR count). The number of likely N-dealkylation sites (N-methyl/N-ethyl adjacent to an activating group) is 2. The van der Waals surface area contributed by atoms with Gasteiger partial charge < -0.3 is 15.5 Å². The summed E-state index contributed by atoms with van der Waals surface area (Å²) in [5.74, 6) is 0.221. The van der Waals surface area contributed by atoms with Crippen molar-refractivity contribution in [1.29, 1.82) is 0 Å². The largest absolute Gasteiger partial charge is 0.383 e. The molecule has 4 aromatic rings. The van der Waals surface area contributed by atoms with E-state index in [1.165, 1.54) is 6.33 Å². The molecule has 0 aliphatic rings. The summed E-state index contributed by atoms with van der Waals surface area (Å²) < 4.78 is 1.71. The fourth-order valence-corrected chi connectivity index (χ4v) is 3.53. The molecule has 2 aromatic carbocycles. The zero-order chi connectivity index (χ0) is 23.5. The zero-order valence-corrected chi connectivity index (χ0v) is 19.4. The number of nitrogens with zero attached hydrogens (tertiary/aromatic N) is 6. The minimum absolute atomic E-state index is 0.118. The lowest BCUT2D eigenvalue weighted by Gasteiger charge is -2.16. The first-order valence-corrected chi connectivity index (χ1v) is 10.7. The molecule has 168 valence electrons. The Balaban J connectivity index is 1.76. The zero-order valence-electron chi connectivity index (χ0n) is 18.6. The highest BCUT2D eigenvalue weighted by Gasteiger charge is 2.19. The summed E-state index contributed by atoms with van der Waals surface area (Å²) in [5, 5.41) is 6.09. The molecule has 0 fully saturated rings. The van der Waals surface area contributed by atoms with Crippen LogP contribution >= 0.6 is 11.6 Å². The van der Waals surface area contributed by atoms with Gasteiger partial charge in [-0.2, -0.15) is 5.10 Å². The van der Waals surface area contributed by atoms with Gasteiger partial charge in [-0.15, -0.1) is 0 Å². The Bertz CT molecular complexity index is 1330. The monoisotopic (exact) mass is 461 g/mol. The molecule has 2 heterocycles. The molecule has 0 aliphatic heterocycles. The van der Waals surface area contributed by atoms with E-state index in [1.807, 2.05) is 61.5 Å². The SMILES string of the molecule is CN(C)CC=CC(=O)N(C)c1cccc(-n2nc(-c3ccc(Cl)cc3)c3c(N)ncnc32)c1. The normalized spacial score (nSPS) is 11.5. The van der Waals surface area contributed by atoms with Crippen LogP contribution in [0.3, 0.4) is 0 Å². The first-order valence-electron chi connectivity index (χ1n) is 10.3. The third-order valence-electron chi connectivity index (χ3n) is 5.13. The minimum Gasteiger partial charge on any atom is -0.383 e. The first-order chi connectivity index (χ1) is 15.8. The van der Waals surface area contributed by atoms with Crippen LogP contribution in [0.5, 0.6) is 0 Å². The topological polar surface area (TPSA) is 93.2 Å². The number of carbonyl (C=O) groups excluding carboxylic acids is 1. The summed E-state index contributed by atoms with van der Waals surface area (Å²) in [6.45, 7) is 0.688. The van der Waals surface area contributed by atoms with E-state index in [1.54, 1.807) is 34.8 Å². The lowest BCUT2D eigenvalue weighted by Crippen LogP contribution is -2.24. The number of nitrogen functional groups attached to an aromatic ring is 1. The molecule has 2 N–H and O–H groups in total. The van der Waals surface area contributed by atoms with E-state index in [0.29, 0.717) is 34.1 Å². The van der Waals surface area contributed by atoms with E-state index in [-0.39, 0.29) is 5.91 Å². The third kappa shape index (κ3) is 4.72. The number of amides is 1. The number of halogens is 1. The quantitative estimate of drug-likeness (QED) is 0.439. The highest BCUT2D eigenvalue weighted by Crippen LogP contribution is 2.32. The van der Waals surface area contributed by atoms with Crippen LogP contribution in [0.1, 0.15) is 0 Å². The second-order valence-electron chi connectivity index (χ2n) is 7.81. The molecule has 0 aliphatic carbocycles. The Hall–Kier alpha value is -3.75. The summed E-state index contributed by atoms with van der Waals surface area (Å²) in [6.07, 6.45) is 4.82. The number of carbonyl (C=O) groups is 1. The Morgan fingerprint density at radius 3 is 2.61 bits per heavy atom. The maximum absolute atomic E-state index is 12.6. The van der Waals surface area contributed by atoms with Gasteiger partial charge in [0.2, 0.25) is 5.91 Å². The molecule has 0 saturated carbocycles. The van der Waals surface area contributed by atoms with Crippen LogP contribution < -0.4 is 10.6 Å². The molecule has 0 saturated heterocycles. The molecule has 0 bridgehead atoms. The number of benzene rings is 2. The number of hydrogen-bond donors (Lipinski definition) is 1. The Kier molecular flexibility index (Phi) is 6.39. The fraction of sp³-hybridized carbons (Fsp3) is 0.167. The lowest BCUT2D eigenvalue weighted by atomic mass is 10.1. The number of fused-ring (bicyclic) bond motifs is 1. The van der Waals surface area contributed by atoms with E-state index in [4.69, 9.17) is 22.4 Å². The number of hydrogen-bond acceptors (Lipinski definition) is 6.